The van der Waals surface area contributed by atoms with Crippen LogP contribution in [-0.2, 0) is 0 Å². The van der Waals surface area contributed by atoms with Crippen LogP contribution in [0.4, 0.5) is 0 Å². The molecule has 0 amide bonds. The van der Waals surface area contributed by atoms with Crippen LogP contribution in [0, 0.1) is 29.1 Å². The van der Waals surface area contributed by atoms with E-state index in [1.807, 2.05) is 0 Å². The summed E-state index contributed by atoms with van der Waals surface area (Å²) < 4.78 is 0. The Balaban J connectivity index is 2.90. The molecular weight excluding hydrogens is 360 g/mol. The first kappa shape index (κ1) is 27.0. The molecule has 0 N–H and O–H groups in total. The Morgan fingerprint density at radius 2 is 1.87 bits per heavy atom. The normalized spacial score (nSPS) is 23.1. The first-order chi connectivity index (χ1) is 14.1. The molecular formula is C30H52. The third kappa shape index (κ3) is 9.40. The predicted molar refractivity (Wildman–Crippen MR) is 138 cm³/mol. The van der Waals surface area contributed by atoms with Crippen LogP contribution in [0.1, 0.15) is 113 Å². The molecule has 1 aliphatic rings. The smallest absolute Gasteiger partial charge is 0.0111 e. The van der Waals surface area contributed by atoms with Crippen LogP contribution in [0.25, 0.3) is 0 Å². The highest BCUT2D eigenvalue weighted by molar-refractivity contribution is 5.17. The van der Waals surface area contributed by atoms with Gasteiger partial charge in [-0.3, -0.25) is 0 Å². The molecule has 0 saturated carbocycles. The van der Waals surface area contributed by atoms with Gasteiger partial charge in [-0.05, 0) is 101 Å². The summed E-state index contributed by atoms with van der Waals surface area (Å²) in [5, 5.41) is 0. The molecule has 0 bridgehead atoms. The van der Waals surface area contributed by atoms with Gasteiger partial charge in [0.15, 0.2) is 0 Å². The number of allylic oxidation sites excluding steroid dienone is 6. The maximum Gasteiger partial charge on any atom is -0.0111 e. The average molecular weight is 413 g/mol. The topological polar surface area (TPSA) is 0 Å². The van der Waals surface area contributed by atoms with Gasteiger partial charge in [0, 0.05) is 0 Å². The van der Waals surface area contributed by atoms with E-state index in [2.05, 4.69) is 79.9 Å². The van der Waals surface area contributed by atoms with Crippen molar-refractivity contribution >= 4 is 0 Å². The predicted octanol–water partition coefficient (Wildman–Crippen LogP) is 10.1. The molecule has 0 aromatic heterocycles. The Bertz CT molecular complexity index is 587. The molecule has 0 aromatic carbocycles. The minimum absolute atomic E-state index is 0.348. The fourth-order valence-electron chi connectivity index (χ4n) is 5.25. The highest BCUT2D eigenvalue weighted by Gasteiger charge is 2.38. The van der Waals surface area contributed by atoms with Crippen LogP contribution in [0.15, 0.2) is 48.1 Å². The lowest BCUT2D eigenvalue weighted by Crippen LogP contribution is -2.34. The Labute approximate surface area is 190 Å². The van der Waals surface area contributed by atoms with Crippen LogP contribution >= 0.6 is 0 Å². The lowest BCUT2D eigenvalue weighted by molar-refractivity contribution is 0.133. The molecule has 4 unspecified atom stereocenters. The van der Waals surface area contributed by atoms with Crippen molar-refractivity contribution in [3.05, 3.63) is 48.1 Å². The Hall–Kier alpha value is -1.04. The summed E-state index contributed by atoms with van der Waals surface area (Å²) in [4.78, 5) is 0. The van der Waals surface area contributed by atoms with Crippen molar-refractivity contribution in [2.24, 2.45) is 29.1 Å². The highest BCUT2D eigenvalue weighted by Crippen LogP contribution is 2.49. The molecule has 1 aliphatic carbocycles. The zero-order chi connectivity index (χ0) is 22.7. The van der Waals surface area contributed by atoms with Crippen LogP contribution in [-0.4, -0.2) is 0 Å². The van der Waals surface area contributed by atoms with Crippen molar-refractivity contribution in [1.29, 1.82) is 0 Å². The first-order valence-electron chi connectivity index (χ1n) is 12.7. The van der Waals surface area contributed by atoms with Gasteiger partial charge in [0.05, 0.1) is 0 Å². The van der Waals surface area contributed by atoms with E-state index in [4.69, 9.17) is 0 Å². The summed E-state index contributed by atoms with van der Waals surface area (Å²) in [6.45, 7) is 24.8. The van der Waals surface area contributed by atoms with Gasteiger partial charge < -0.3 is 0 Å². The Morgan fingerprint density at radius 3 is 2.47 bits per heavy atom. The van der Waals surface area contributed by atoms with E-state index in [0.717, 1.165) is 5.92 Å². The molecule has 0 fully saturated rings. The van der Waals surface area contributed by atoms with E-state index >= 15 is 0 Å². The molecule has 0 aliphatic heterocycles. The Morgan fingerprint density at radius 1 is 1.17 bits per heavy atom. The maximum atomic E-state index is 4.39. The summed E-state index contributed by atoms with van der Waals surface area (Å²) >= 11 is 0. The van der Waals surface area contributed by atoms with Crippen molar-refractivity contribution in [2.45, 2.75) is 113 Å². The molecule has 4 atom stereocenters. The zero-order valence-corrected chi connectivity index (χ0v) is 21.5. The van der Waals surface area contributed by atoms with Crippen molar-refractivity contribution in [2.75, 3.05) is 0 Å². The number of rotatable bonds is 14. The van der Waals surface area contributed by atoms with Gasteiger partial charge in [-0.15, -0.1) is 6.58 Å². The monoisotopic (exact) mass is 412 g/mol. The second kappa shape index (κ2) is 13.4. The molecule has 0 aromatic rings. The summed E-state index contributed by atoms with van der Waals surface area (Å²) in [6.07, 6.45) is 20.1. The van der Waals surface area contributed by atoms with Crippen LogP contribution in [0.3, 0.4) is 0 Å². The number of hydrogen-bond donors (Lipinski definition) is 0. The summed E-state index contributed by atoms with van der Waals surface area (Å²) in [5.74, 6) is 2.72. The maximum absolute atomic E-state index is 4.39. The lowest BCUT2D eigenvalue weighted by Gasteiger charge is -2.44. The molecule has 0 heterocycles. The number of hydrogen-bond acceptors (Lipinski definition) is 0. The molecule has 0 radical (unpaired) electrons. The fraction of sp³-hybridized carbons (Fsp3) is 0.733. The van der Waals surface area contributed by atoms with Gasteiger partial charge in [0.1, 0.15) is 0 Å². The van der Waals surface area contributed by atoms with Crippen LogP contribution < -0.4 is 0 Å². The minimum atomic E-state index is 0.348. The molecule has 0 spiro atoms. The first-order valence-corrected chi connectivity index (χ1v) is 12.7. The molecule has 0 saturated heterocycles. The van der Waals surface area contributed by atoms with Gasteiger partial charge in [-0.1, -0.05) is 82.1 Å². The van der Waals surface area contributed by atoms with Crippen molar-refractivity contribution in [3.63, 3.8) is 0 Å². The lowest BCUT2D eigenvalue weighted by atomic mass is 9.61. The van der Waals surface area contributed by atoms with Gasteiger partial charge in [0.25, 0.3) is 0 Å². The molecule has 1 rings (SSSR count). The SMILES string of the molecule is C=CC(C)CCCC(C)(CC/C=C(\C)CCCC(C)C)C1C=C(C)CCC1C(=C)C. The van der Waals surface area contributed by atoms with Crippen LogP contribution in [0.2, 0.25) is 0 Å². The van der Waals surface area contributed by atoms with E-state index in [-0.39, 0.29) is 0 Å². The standard InChI is InChI=1S/C30H52/c1-10-25(6)16-12-20-30(9,21-13-17-26(7)15-11-14-23(2)3)29-22-27(8)18-19-28(29)24(4)5/h10,17,22-23,25,28-29H,1,4,11-16,18-21H2,2-3,5-9H3/b26-17+. The summed E-state index contributed by atoms with van der Waals surface area (Å²) in [5.41, 5.74) is 4.91. The van der Waals surface area contributed by atoms with Gasteiger partial charge in [-0.25, -0.2) is 0 Å². The molecule has 0 heteroatoms. The fourth-order valence-corrected chi connectivity index (χ4v) is 5.25. The molecule has 30 heavy (non-hydrogen) atoms. The minimum Gasteiger partial charge on any atom is -0.103 e. The second-order valence-corrected chi connectivity index (χ2v) is 11.2. The van der Waals surface area contributed by atoms with E-state index in [1.165, 1.54) is 69.8 Å². The van der Waals surface area contributed by atoms with Crippen molar-refractivity contribution in [3.8, 4) is 0 Å². The average Bonchev–Trinajstić information content (AvgIpc) is 2.67. The van der Waals surface area contributed by atoms with Gasteiger partial charge >= 0.3 is 0 Å². The Kier molecular flexibility index (Phi) is 12.0. The highest BCUT2D eigenvalue weighted by atomic mass is 14.4. The van der Waals surface area contributed by atoms with E-state index in [0.29, 0.717) is 23.2 Å². The molecule has 172 valence electrons. The summed E-state index contributed by atoms with van der Waals surface area (Å²) in [6, 6.07) is 0. The van der Waals surface area contributed by atoms with Crippen LogP contribution in [0.5, 0.6) is 0 Å². The van der Waals surface area contributed by atoms with E-state index in [9.17, 15) is 0 Å². The largest absolute Gasteiger partial charge is 0.103 e. The quantitative estimate of drug-likeness (QED) is 0.249. The van der Waals surface area contributed by atoms with E-state index in [1.54, 1.807) is 11.1 Å². The third-order valence-corrected chi connectivity index (χ3v) is 7.56. The third-order valence-electron chi connectivity index (χ3n) is 7.56. The van der Waals surface area contributed by atoms with Crippen molar-refractivity contribution < 1.29 is 0 Å². The van der Waals surface area contributed by atoms with Crippen molar-refractivity contribution in [1.82, 2.24) is 0 Å². The van der Waals surface area contributed by atoms with Gasteiger partial charge in [0.2, 0.25) is 0 Å². The van der Waals surface area contributed by atoms with E-state index < -0.39 is 0 Å². The molecule has 0 nitrogen and oxygen atoms in total. The van der Waals surface area contributed by atoms with Gasteiger partial charge in [-0.2, -0.15) is 0 Å². The zero-order valence-electron chi connectivity index (χ0n) is 21.5. The summed E-state index contributed by atoms with van der Waals surface area (Å²) in [7, 11) is 0. The second-order valence-electron chi connectivity index (χ2n) is 11.2.